The summed E-state index contributed by atoms with van der Waals surface area (Å²) in [4.78, 5) is 6.52. The first kappa shape index (κ1) is 26.9. The van der Waals surface area contributed by atoms with Gasteiger partial charge in [0.15, 0.2) is 0 Å². The van der Waals surface area contributed by atoms with Gasteiger partial charge in [0, 0.05) is 54.0 Å². The summed E-state index contributed by atoms with van der Waals surface area (Å²) < 4.78 is 18.2. The Morgan fingerprint density at radius 3 is 2.06 bits per heavy atom. The van der Waals surface area contributed by atoms with E-state index in [4.69, 9.17) is 4.99 Å². The van der Waals surface area contributed by atoms with Crippen LogP contribution in [-0.4, -0.2) is 19.1 Å². The Hall–Kier alpha value is -6.29. The zero-order valence-corrected chi connectivity index (χ0v) is 26.3. The predicted octanol–water partition coefficient (Wildman–Crippen LogP) is 9.75. The minimum absolute atomic E-state index is 0.546. The van der Waals surface area contributed by atoms with E-state index in [0.717, 1.165) is 61.7 Å². The zero-order valence-electron chi connectivity index (χ0n) is 25.5. The molecule has 224 valence electrons. The average Bonchev–Trinajstić information content (AvgIpc) is 3.87. The molecule has 0 radical (unpaired) electrons. The summed E-state index contributed by atoms with van der Waals surface area (Å²) in [6.45, 7) is 0. The number of rotatable bonds is 4. The van der Waals surface area contributed by atoms with E-state index in [2.05, 4.69) is 100 Å². The Kier molecular flexibility index (Phi) is 5.66. The molecule has 5 nitrogen and oxygen atoms in total. The fraction of sp³-hybridized carbons (Fsp3) is 0. The number of nitriles is 1. The molecule has 10 rings (SSSR count). The Morgan fingerprint density at radius 2 is 1.27 bits per heavy atom. The van der Waals surface area contributed by atoms with Crippen molar-refractivity contribution in [2.75, 3.05) is 0 Å². The summed E-state index contributed by atoms with van der Waals surface area (Å²) in [5.41, 5.74) is 12.5. The lowest BCUT2D eigenvalue weighted by Gasteiger charge is -2.13. The number of aromatic nitrogens is 2. The van der Waals surface area contributed by atoms with E-state index in [1.807, 2.05) is 36.4 Å². The van der Waals surface area contributed by atoms with Crippen LogP contribution in [0.25, 0.3) is 55.7 Å². The fourth-order valence-corrected chi connectivity index (χ4v) is 8.40. The van der Waals surface area contributed by atoms with Crippen molar-refractivity contribution >= 4 is 66.6 Å². The number of aliphatic imine (C=N–C) groups is 1. The van der Waals surface area contributed by atoms with E-state index >= 15 is 0 Å². The van der Waals surface area contributed by atoms with Crippen molar-refractivity contribution in [1.82, 2.24) is 9.13 Å². The minimum Gasteiger partial charge on any atom is -0.309 e. The molecule has 2 aromatic heterocycles. The highest BCUT2D eigenvalue weighted by Gasteiger charge is 2.34. The summed E-state index contributed by atoms with van der Waals surface area (Å²) in [6, 6.07) is 49.2. The van der Waals surface area contributed by atoms with Crippen molar-refractivity contribution in [2.24, 2.45) is 4.99 Å². The molecule has 0 N–H and O–H groups in total. The molecule has 1 unspecified atom stereocenters. The molecule has 1 aliphatic heterocycles. The van der Waals surface area contributed by atoms with Crippen molar-refractivity contribution in [3.63, 3.8) is 0 Å². The third-order valence-electron chi connectivity index (χ3n) is 9.52. The molecule has 6 aromatic carbocycles. The van der Waals surface area contributed by atoms with Gasteiger partial charge in [0.1, 0.15) is 0 Å². The summed E-state index contributed by atoms with van der Waals surface area (Å²) in [5.74, 6) is 0. The highest BCUT2D eigenvalue weighted by Crippen LogP contribution is 2.48. The van der Waals surface area contributed by atoms with Crippen LogP contribution in [0.2, 0.25) is 0 Å². The van der Waals surface area contributed by atoms with E-state index < -0.39 is 10.8 Å². The second kappa shape index (κ2) is 10.1. The monoisotopic (exact) mass is 632 g/mol. The van der Waals surface area contributed by atoms with Crippen molar-refractivity contribution in [3.8, 4) is 17.4 Å². The van der Waals surface area contributed by atoms with Gasteiger partial charge >= 0.3 is 0 Å². The van der Waals surface area contributed by atoms with Gasteiger partial charge in [0.2, 0.25) is 0 Å². The Balaban J connectivity index is 1.22. The van der Waals surface area contributed by atoms with Gasteiger partial charge in [-0.05, 0) is 91.0 Å². The van der Waals surface area contributed by atoms with Crippen LogP contribution in [0, 0.1) is 11.3 Å². The predicted molar refractivity (Wildman–Crippen MR) is 194 cm³/mol. The topological polar surface area (TPSA) is 63.1 Å². The lowest BCUT2D eigenvalue weighted by molar-refractivity contribution is 0.683. The number of fused-ring (bicyclic) bond motifs is 10. The third-order valence-corrected chi connectivity index (χ3v) is 10.9. The lowest BCUT2D eigenvalue weighted by atomic mass is 10.0. The van der Waals surface area contributed by atoms with Crippen molar-refractivity contribution in [3.05, 3.63) is 162 Å². The molecule has 0 saturated heterocycles. The second-order valence-corrected chi connectivity index (χ2v) is 13.6. The van der Waals surface area contributed by atoms with E-state index in [1.165, 1.54) is 16.2 Å². The molecule has 0 bridgehead atoms. The maximum absolute atomic E-state index is 13.5. The second-order valence-electron chi connectivity index (χ2n) is 12.1. The molecule has 0 saturated carbocycles. The van der Waals surface area contributed by atoms with Crippen LogP contribution in [0.3, 0.4) is 0 Å². The van der Waals surface area contributed by atoms with Gasteiger partial charge in [0.25, 0.3) is 0 Å². The zero-order chi connectivity index (χ0) is 31.9. The molecular formula is C42H24N4OS. The van der Waals surface area contributed by atoms with Gasteiger partial charge in [-0.2, -0.15) is 5.26 Å². The minimum atomic E-state index is -1.38. The van der Waals surface area contributed by atoms with Gasteiger partial charge in [-0.15, -0.1) is 0 Å². The summed E-state index contributed by atoms with van der Waals surface area (Å²) >= 11 is 0. The van der Waals surface area contributed by atoms with E-state index in [1.54, 1.807) is 24.3 Å². The molecular weight excluding hydrogens is 609 g/mol. The van der Waals surface area contributed by atoms with Crippen LogP contribution in [0.5, 0.6) is 0 Å². The van der Waals surface area contributed by atoms with Crippen LogP contribution >= 0.6 is 0 Å². The maximum Gasteiger partial charge on any atom is 0.0991 e. The van der Waals surface area contributed by atoms with Crippen LogP contribution in [0.15, 0.2) is 154 Å². The van der Waals surface area contributed by atoms with Crippen LogP contribution in [-0.2, 0) is 10.8 Å². The molecule has 48 heavy (non-hydrogen) atoms. The van der Waals surface area contributed by atoms with Crippen molar-refractivity contribution in [2.45, 2.75) is 9.79 Å². The van der Waals surface area contributed by atoms with Crippen molar-refractivity contribution in [1.29, 1.82) is 5.26 Å². The molecule has 0 fully saturated rings. The van der Waals surface area contributed by atoms with E-state index in [9.17, 15) is 9.47 Å². The largest absolute Gasteiger partial charge is 0.309 e. The molecule has 1 aliphatic carbocycles. The lowest BCUT2D eigenvalue weighted by Crippen LogP contribution is -2.06. The Labute approximate surface area is 278 Å². The first-order valence-electron chi connectivity index (χ1n) is 15.8. The number of allylic oxidation sites excluding steroid dienone is 1. The maximum atomic E-state index is 13.5. The highest BCUT2D eigenvalue weighted by atomic mass is 32.2. The fourth-order valence-electron chi connectivity index (χ4n) is 7.36. The molecule has 1 atom stereocenters. The Morgan fingerprint density at radius 1 is 0.604 bits per heavy atom. The first-order valence-corrected chi connectivity index (χ1v) is 16.9. The van der Waals surface area contributed by atoms with Crippen LogP contribution in [0.4, 0.5) is 5.69 Å². The highest BCUT2D eigenvalue weighted by molar-refractivity contribution is 7.85. The van der Waals surface area contributed by atoms with Gasteiger partial charge in [-0.25, -0.2) is 9.20 Å². The number of para-hydroxylation sites is 3. The molecule has 2 aliphatic rings. The standard InChI is InChI=1S/C42H24N4OS/c43-25-26-14-18-29(19-15-26)48(47)30-20-16-28(17-21-30)46-40-24-39-33(32-11-5-7-13-38(32)45(39)27-8-2-1-3-9-27)22-34(40)36-23-35-31-10-4-6-12-37(31)44-41(35)42(36)46/h1-24H. The first-order chi connectivity index (χ1) is 23.7. The number of hydrogen-bond acceptors (Lipinski definition) is 3. The number of benzene rings is 6. The smallest absolute Gasteiger partial charge is 0.0991 e. The van der Waals surface area contributed by atoms with Crippen molar-refractivity contribution < 1.29 is 4.21 Å². The summed E-state index contributed by atoms with van der Waals surface area (Å²) in [6.07, 6.45) is 2.30. The number of hydrogen-bond donors (Lipinski definition) is 0. The summed E-state index contributed by atoms with van der Waals surface area (Å²) in [5, 5.41) is 12.8. The third kappa shape index (κ3) is 3.77. The van der Waals surface area contributed by atoms with E-state index in [-0.39, 0.29) is 0 Å². The van der Waals surface area contributed by atoms with Gasteiger partial charge < -0.3 is 9.13 Å². The molecule has 8 aromatic rings. The molecule has 6 heteroatoms. The molecule has 0 spiro atoms. The molecule has 3 heterocycles. The van der Waals surface area contributed by atoms with Crippen LogP contribution in [0.1, 0.15) is 22.4 Å². The Bertz CT molecular complexity index is 2780. The van der Waals surface area contributed by atoms with Gasteiger partial charge in [-0.3, -0.25) is 0 Å². The van der Waals surface area contributed by atoms with Gasteiger partial charge in [-0.1, -0.05) is 54.6 Å². The summed E-state index contributed by atoms with van der Waals surface area (Å²) in [7, 11) is -1.38. The molecule has 0 amide bonds. The van der Waals surface area contributed by atoms with Gasteiger partial charge in [0.05, 0.1) is 56.1 Å². The quantitative estimate of drug-likeness (QED) is 0.194. The normalized spacial score (nSPS) is 13.6. The SMILES string of the molecule is N#Cc1ccc(S(=O)c2ccc(-n3c4c(c5cc6c7ccccc7n(-c7ccccc7)c6cc53)C=C3C4=Nc4ccccc43)cc2)cc1. The van der Waals surface area contributed by atoms with E-state index in [0.29, 0.717) is 15.4 Å². The van der Waals surface area contributed by atoms with Crippen LogP contribution < -0.4 is 0 Å². The number of nitrogens with zero attached hydrogens (tertiary/aromatic N) is 4. The average molecular weight is 633 g/mol.